The second-order valence-electron chi connectivity index (χ2n) is 3.56. The summed E-state index contributed by atoms with van der Waals surface area (Å²) in [4.78, 5) is 0. The van der Waals surface area contributed by atoms with E-state index in [-0.39, 0.29) is 15.8 Å². The van der Waals surface area contributed by atoms with Crippen molar-refractivity contribution in [3.8, 4) is 5.75 Å². The van der Waals surface area contributed by atoms with E-state index in [4.69, 9.17) is 39.1 Å². The molecule has 0 saturated heterocycles. The fraction of sp³-hybridized carbons (Fsp3) is 0.300. The highest BCUT2D eigenvalue weighted by Gasteiger charge is 2.42. The molecule has 1 aromatic carbocycles. The topological polar surface area (TPSA) is 59.1 Å². The van der Waals surface area contributed by atoms with Crippen LogP contribution in [0.4, 0.5) is 13.2 Å². The molecular weight excluding hydrogens is 372 g/mol. The summed E-state index contributed by atoms with van der Waals surface area (Å²) in [5.41, 5.74) is 4.90. The van der Waals surface area contributed by atoms with E-state index in [1.54, 1.807) is 0 Å². The molecule has 1 aromatic rings. The van der Waals surface area contributed by atoms with Gasteiger partial charge in [-0.2, -0.15) is 13.2 Å². The Hall–Kier alpha value is -0.660. The van der Waals surface area contributed by atoms with Crippen LogP contribution in [-0.2, 0) is 0 Å². The third-order valence-corrected chi connectivity index (χ3v) is 3.64. The van der Waals surface area contributed by atoms with E-state index in [1.165, 1.54) is 12.1 Å². The third-order valence-electron chi connectivity index (χ3n) is 2.15. The summed E-state index contributed by atoms with van der Waals surface area (Å²) in [5.74, 6) is -3.22. The number of halogens is 6. The Morgan fingerprint density at radius 2 is 1.95 bits per heavy atom. The van der Waals surface area contributed by atoms with E-state index in [1.807, 2.05) is 0 Å². The van der Waals surface area contributed by atoms with Crippen LogP contribution in [0.25, 0.3) is 0 Å². The normalized spacial score (nSPS) is 13.2. The van der Waals surface area contributed by atoms with Gasteiger partial charge in [0.2, 0.25) is 0 Å². The molecule has 0 fully saturated rings. The lowest BCUT2D eigenvalue weighted by molar-refractivity contribution is -0.162. The first-order valence-corrected chi connectivity index (χ1v) is 6.35. The van der Waals surface area contributed by atoms with E-state index in [0.29, 0.717) is 4.47 Å². The van der Waals surface area contributed by atoms with E-state index in [0.717, 1.165) is 0 Å². The smallest absolute Gasteiger partial charge is 0.401 e. The highest BCUT2D eigenvalue weighted by Crippen LogP contribution is 2.35. The lowest BCUT2D eigenvalue weighted by Gasteiger charge is -2.19. The number of ether oxygens (including phenoxy) is 1. The van der Waals surface area contributed by atoms with Crippen LogP contribution < -0.4 is 10.5 Å². The summed E-state index contributed by atoms with van der Waals surface area (Å²) in [6.07, 6.45) is -4.66. The lowest BCUT2D eigenvalue weighted by atomic mass is 10.1. The number of benzene rings is 1. The zero-order chi connectivity index (χ0) is 14.8. The molecule has 0 saturated carbocycles. The number of rotatable bonds is 4. The molecule has 0 bridgehead atoms. The summed E-state index contributed by atoms with van der Waals surface area (Å²) in [6.45, 7) is -0.837. The molecule has 0 aliphatic carbocycles. The number of alkyl halides is 3. The molecule has 3 N–H and O–H groups in total. The van der Waals surface area contributed by atoms with Crippen molar-refractivity contribution in [2.75, 3.05) is 6.61 Å². The minimum atomic E-state index is -4.66. The first kappa shape index (κ1) is 16.4. The van der Waals surface area contributed by atoms with Gasteiger partial charge in [-0.1, -0.05) is 23.2 Å². The zero-order valence-corrected chi connectivity index (χ0v) is 12.3. The Morgan fingerprint density at radius 1 is 1.37 bits per heavy atom. The fourth-order valence-electron chi connectivity index (χ4n) is 1.15. The molecule has 1 rings (SSSR count). The predicted octanol–water partition coefficient (Wildman–Crippen LogP) is 4.25. The summed E-state index contributed by atoms with van der Waals surface area (Å²) >= 11 is 14.7. The molecule has 3 nitrogen and oxygen atoms in total. The van der Waals surface area contributed by atoms with Gasteiger partial charge in [-0.25, -0.2) is 0 Å². The molecule has 0 amide bonds. The molecule has 0 aliphatic rings. The van der Waals surface area contributed by atoms with Crippen molar-refractivity contribution < 1.29 is 17.9 Å². The maximum atomic E-state index is 12.6. The molecule has 0 radical (unpaired) electrons. The van der Waals surface area contributed by atoms with Gasteiger partial charge in [0.05, 0.1) is 10.0 Å². The fourth-order valence-corrected chi connectivity index (χ4v) is 2.00. The highest BCUT2D eigenvalue weighted by molar-refractivity contribution is 9.10. The lowest BCUT2D eigenvalue weighted by Crippen LogP contribution is -2.39. The second-order valence-corrected chi connectivity index (χ2v) is 5.23. The van der Waals surface area contributed by atoms with Gasteiger partial charge >= 0.3 is 6.18 Å². The van der Waals surface area contributed by atoms with Crippen LogP contribution in [0, 0.1) is 11.3 Å². The molecule has 0 aromatic heterocycles. The van der Waals surface area contributed by atoms with Crippen molar-refractivity contribution in [3.63, 3.8) is 0 Å². The molecule has 0 heterocycles. The minimum absolute atomic E-state index is 0.00892. The van der Waals surface area contributed by atoms with Crippen molar-refractivity contribution in [2.45, 2.75) is 6.18 Å². The Balaban J connectivity index is 2.86. The summed E-state index contributed by atoms with van der Waals surface area (Å²) in [5, 5.41) is 7.25. The van der Waals surface area contributed by atoms with Gasteiger partial charge in [-0.15, -0.1) is 0 Å². The maximum absolute atomic E-state index is 12.6. The quantitative estimate of drug-likeness (QED) is 0.466. The van der Waals surface area contributed by atoms with Crippen molar-refractivity contribution in [2.24, 2.45) is 11.7 Å². The monoisotopic (exact) mass is 378 g/mol. The number of nitrogens with two attached hydrogens (primary N) is 1. The summed E-state index contributed by atoms with van der Waals surface area (Å²) < 4.78 is 43.1. The van der Waals surface area contributed by atoms with Gasteiger partial charge in [0.25, 0.3) is 0 Å². The van der Waals surface area contributed by atoms with Crippen molar-refractivity contribution in [3.05, 3.63) is 26.7 Å². The van der Waals surface area contributed by atoms with Crippen LogP contribution in [0.3, 0.4) is 0 Å². The average Bonchev–Trinajstić information content (AvgIpc) is 2.23. The molecule has 19 heavy (non-hydrogen) atoms. The molecule has 0 aliphatic heterocycles. The van der Waals surface area contributed by atoms with Gasteiger partial charge < -0.3 is 10.5 Å². The Morgan fingerprint density at radius 3 is 2.42 bits per heavy atom. The van der Waals surface area contributed by atoms with Crippen LogP contribution in [0.15, 0.2) is 16.6 Å². The van der Waals surface area contributed by atoms with Crippen LogP contribution in [0.1, 0.15) is 0 Å². The number of hydrogen-bond acceptors (Lipinski definition) is 2. The predicted molar refractivity (Wildman–Crippen MR) is 71.1 cm³/mol. The van der Waals surface area contributed by atoms with Crippen molar-refractivity contribution in [1.29, 1.82) is 5.41 Å². The van der Waals surface area contributed by atoms with Crippen molar-refractivity contribution >= 4 is 45.0 Å². The first-order valence-electron chi connectivity index (χ1n) is 4.81. The minimum Gasteiger partial charge on any atom is -0.491 e. The van der Waals surface area contributed by atoms with Gasteiger partial charge in [0, 0.05) is 10.5 Å². The molecule has 1 atom stereocenters. The van der Waals surface area contributed by atoms with Crippen LogP contribution >= 0.6 is 39.1 Å². The molecule has 1 unspecified atom stereocenters. The summed E-state index contributed by atoms with van der Waals surface area (Å²) in [6, 6.07) is 2.68. The molecular formula is C10H8BrCl2F3N2O. The molecule has 9 heteroatoms. The van der Waals surface area contributed by atoms with Gasteiger partial charge in [-0.3, -0.25) is 5.41 Å². The Bertz CT molecular complexity index is 496. The highest BCUT2D eigenvalue weighted by atomic mass is 79.9. The number of hydrogen-bond donors (Lipinski definition) is 2. The zero-order valence-electron chi connectivity index (χ0n) is 9.19. The number of nitrogens with one attached hydrogen (secondary N) is 1. The van der Waals surface area contributed by atoms with Gasteiger partial charge in [-0.05, 0) is 22.0 Å². The van der Waals surface area contributed by atoms with Gasteiger partial charge in [0.1, 0.15) is 24.1 Å². The first-order chi connectivity index (χ1) is 8.62. The van der Waals surface area contributed by atoms with E-state index in [2.05, 4.69) is 15.9 Å². The molecule has 0 spiro atoms. The van der Waals surface area contributed by atoms with Crippen LogP contribution in [-0.4, -0.2) is 18.6 Å². The van der Waals surface area contributed by atoms with Crippen molar-refractivity contribution in [1.82, 2.24) is 0 Å². The summed E-state index contributed by atoms with van der Waals surface area (Å²) in [7, 11) is 0. The SMILES string of the molecule is N=C(N)C(COc1cc(Cl)c(Br)cc1Cl)C(F)(F)F. The average molecular weight is 380 g/mol. The van der Waals surface area contributed by atoms with E-state index >= 15 is 0 Å². The Labute approximate surface area is 125 Å². The standard InChI is InChI=1S/C10H8BrCl2F3N2O/c11-5-1-7(13)8(2-6(5)12)19-3-4(9(17)18)10(14,15)16/h1-2,4H,3H2,(H3,17,18). The second kappa shape index (κ2) is 6.19. The third kappa shape index (κ3) is 4.43. The Kier molecular flexibility index (Phi) is 5.34. The molecule has 106 valence electrons. The van der Waals surface area contributed by atoms with E-state index in [9.17, 15) is 13.2 Å². The maximum Gasteiger partial charge on any atom is 0.401 e. The largest absolute Gasteiger partial charge is 0.491 e. The van der Waals surface area contributed by atoms with Crippen LogP contribution in [0.5, 0.6) is 5.75 Å². The van der Waals surface area contributed by atoms with Gasteiger partial charge in [0.15, 0.2) is 0 Å². The van der Waals surface area contributed by atoms with E-state index < -0.39 is 24.5 Å². The number of amidine groups is 1. The van der Waals surface area contributed by atoms with Crippen LogP contribution in [0.2, 0.25) is 10.0 Å².